The van der Waals surface area contributed by atoms with Crippen LogP contribution in [-0.4, -0.2) is 40.4 Å². The highest BCUT2D eigenvalue weighted by atomic mass is 35.5. The van der Waals surface area contributed by atoms with Crippen molar-refractivity contribution >= 4 is 40.7 Å². The number of nitrogens with one attached hydrogen (secondary N) is 1. The molecular weight excluding hydrogens is 473 g/mol. The minimum absolute atomic E-state index is 0.310. The lowest BCUT2D eigenvalue weighted by Crippen LogP contribution is -2.20. The molecule has 0 saturated carbocycles. The molecule has 2 aromatic heterocycles. The first-order valence-corrected chi connectivity index (χ1v) is 12.2. The average molecular weight is 502 g/mol. The van der Waals surface area contributed by atoms with Crippen LogP contribution in [-0.2, 0) is 6.54 Å². The lowest BCUT2D eigenvalue weighted by atomic mass is 10.2. The molecule has 1 aromatic carbocycles. The van der Waals surface area contributed by atoms with E-state index < -0.39 is 0 Å². The summed E-state index contributed by atoms with van der Waals surface area (Å²) in [5.74, 6) is 2.05. The van der Waals surface area contributed by atoms with Gasteiger partial charge in [0, 0.05) is 41.6 Å². The summed E-state index contributed by atoms with van der Waals surface area (Å²) in [4.78, 5) is 19.4. The van der Waals surface area contributed by atoms with Gasteiger partial charge in [-0.2, -0.15) is 5.10 Å². The number of rotatable bonds is 8. The highest BCUT2D eigenvalue weighted by molar-refractivity contribution is 6.33. The molecule has 0 aliphatic carbocycles. The molecular formula is C25H29Cl2N5O2. The summed E-state index contributed by atoms with van der Waals surface area (Å²) >= 11 is 12.7. The van der Waals surface area contributed by atoms with Crippen LogP contribution in [0, 0.1) is 12.8 Å². The second-order valence-electron chi connectivity index (χ2n) is 8.96. The maximum absolute atomic E-state index is 12.8. The van der Waals surface area contributed by atoms with Crippen molar-refractivity contribution in [3.63, 3.8) is 0 Å². The van der Waals surface area contributed by atoms with Gasteiger partial charge in [0.1, 0.15) is 11.6 Å². The standard InChI is InChI=1S/C25H29Cl2N5O2/c1-16(2)15-34-22-7-6-20(26)11-19(22)14-32-17(3)10-23(30-32)29-25(33)18-12-21(27)24(28-13-18)31-8-4-5-9-31/h6-7,10-13,16H,4-5,8-9,14-15H2,1-3H3,(H,29,30,33). The fourth-order valence-corrected chi connectivity index (χ4v) is 4.35. The molecule has 4 rings (SSSR count). The number of pyridine rings is 1. The van der Waals surface area contributed by atoms with Crippen molar-refractivity contribution in [2.24, 2.45) is 5.92 Å². The van der Waals surface area contributed by atoms with Gasteiger partial charge in [0.25, 0.3) is 5.91 Å². The summed E-state index contributed by atoms with van der Waals surface area (Å²) in [6.07, 6.45) is 3.81. The minimum Gasteiger partial charge on any atom is -0.493 e. The molecule has 1 amide bonds. The van der Waals surface area contributed by atoms with Crippen LogP contribution in [0.5, 0.6) is 5.75 Å². The van der Waals surface area contributed by atoms with E-state index in [0.717, 1.165) is 48.8 Å². The van der Waals surface area contributed by atoms with Crippen LogP contribution in [0.1, 0.15) is 48.3 Å². The second kappa shape index (κ2) is 10.7. The quantitative estimate of drug-likeness (QED) is 0.420. The Bertz CT molecular complexity index is 1170. The molecule has 34 heavy (non-hydrogen) atoms. The van der Waals surface area contributed by atoms with Gasteiger partial charge in [-0.15, -0.1) is 0 Å². The normalized spacial score (nSPS) is 13.5. The number of carbonyl (C=O) groups is 1. The van der Waals surface area contributed by atoms with Crippen LogP contribution in [0.15, 0.2) is 36.5 Å². The number of aryl methyl sites for hydroxylation is 1. The zero-order valence-corrected chi connectivity index (χ0v) is 21.2. The van der Waals surface area contributed by atoms with E-state index in [-0.39, 0.29) is 5.91 Å². The van der Waals surface area contributed by atoms with Gasteiger partial charge in [0.2, 0.25) is 0 Å². The Morgan fingerprint density at radius 1 is 1.18 bits per heavy atom. The second-order valence-corrected chi connectivity index (χ2v) is 9.81. The van der Waals surface area contributed by atoms with Crippen molar-refractivity contribution < 1.29 is 9.53 Å². The maximum atomic E-state index is 12.8. The molecule has 1 aliphatic heterocycles. The first kappa shape index (κ1) is 24.4. The van der Waals surface area contributed by atoms with E-state index in [2.05, 4.69) is 34.1 Å². The zero-order chi connectivity index (χ0) is 24.2. The number of benzene rings is 1. The largest absolute Gasteiger partial charge is 0.493 e. The fraction of sp³-hybridized carbons (Fsp3) is 0.400. The zero-order valence-electron chi connectivity index (χ0n) is 19.6. The molecule has 1 saturated heterocycles. The summed E-state index contributed by atoms with van der Waals surface area (Å²) < 4.78 is 7.77. The summed E-state index contributed by atoms with van der Waals surface area (Å²) in [7, 11) is 0. The Morgan fingerprint density at radius 3 is 2.65 bits per heavy atom. The van der Waals surface area contributed by atoms with Gasteiger partial charge in [0.05, 0.1) is 23.7 Å². The molecule has 1 aliphatic rings. The monoisotopic (exact) mass is 501 g/mol. The molecule has 3 aromatic rings. The number of ether oxygens (including phenoxy) is 1. The maximum Gasteiger partial charge on any atom is 0.258 e. The van der Waals surface area contributed by atoms with E-state index in [1.165, 1.54) is 0 Å². The number of anilines is 2. The molecule has 7 nitrogen and oxygen atoms in total. The van der Waals surface area contributed by atoms with Gasteiger partial charge >= 0.3 is 0 Å². The summed E-state index contributed by atoms with van der Waals surface area (Å²) in [5.41, 5.74) is 2.20. The third-order valence-electron chi connectivity index (χ3n) is 5.63. The van der Waals surface area contributed by atoms with Crippen molar-refractivity contribution in [1.29, 1.82) is 0 Å². The Labute approximate surface area is 210 Å². The van der Waals surface area contributed by atoms with Crippen molar-refractivity contribution in [2.45, 2.75) is 40.2 Å². The predicted octanol–water partition coefficient (Wildman–Crippen LogP) is 5.83. The lowest BCUT2D eigenvalue weighted by molar-refractivity contribution is 0.102. The number of halogens is 2. The van der Waals surface area contributed by atoms with Crippen molar-refractivity contribution in [3.8, 4) is 5.75 Å². The number of aromatic nitrogens is 3. The molecule has 0 radical (unpaired) electrons. The SMILES string of the molecule is Cc1cc(NC(=O)c2cnc(N3CCCC3)c(Cl)c2)nn1Cc1cc(Cl)ccc1OCC(C)C. The van der Waals surface area contributed by atoms with Crippen molar-refractivity contribution in [3.05, 3.63) is 63.4 Å². The molecule has 0 spiro atoms. The fourth-order valence-electron chi connectivity index (χ4n) is 3.87. The van der Waals surface area contributed by atoms with Gasteiger partial charge in [-0.05, 0) is 49.9 Å². The lowest BCUT2D eigenvalue weighted by Gasteiger charge is -2.17. The third kappa shape index (κ3) is 5.83. The Hall–Kier alpha value is -2.77. The highest BCUT2D eigenvalue weighted by Crippen LogP contribution is 2.28. The first-order valence-electron chi connectivity index (χ1n) is 11.5. The van der Waals surface area contributed by atoms with Crippen LogP contribution in [0.4, 0.5) is 11.6 Å². The van der Waals surface area contributed by atoms with E-state index >= 15 is 0 Å². The van der Waals surface area contributed by atoms with Crippen LogP contribution >= 0.6 is 23.2 Å². The molecule has 0 atom stereocenters. The number of carbonyl (C=O) groups excluding carboxylic acids is 1. The van der Waals surface area contributed by atoms with Crippen LogP contribution in [0.2, 0.25) is 10.0 Å². The molecule has 0 bridgehead atoms. The smallest absolute Gasteiger partial charge is 0.258 e. The Kier molecular flexibility index (Phi) is 7.63. The molecule has 1 fully saturated rings. The highest BCUT2D eigenvalue weighted by Gasteiger charge is 2.19. The summed E-state index contributed by atoms with van der Waals surface area (Å²) in [5, 5.41) is 8.52. The number of nitrogens with zero attached hydrogens (tertiary/aromatic N) is 4. The predicted molar refractivity (Wildman–Crippen MR) is 136 cm³/mol. The van der Waals surface area contributed by atoms with Gasteiger partial charge in [0.15, 0.2) is 5.82 Å². The number of hydrogen-bond donors (Lipinski definition) is 1. The molecule has 9 heteroatoms. The Balaban J connectivity index is 1.47. The van der Waals surface area contributed by atoms with Gasteiger partial charge in [-0.3, -0.25) is 9.48 Å². The minimum atomic E-state index is -0.310. The first-order chi connectivity index (χ1) is 16.3. The van der Waals surface area contributed by atoms with Crippen molar-refractivity contribution in [2.75, 3.05) is 29.9 Å². The van der Waals surface area contributed by atoms with Crippen LogP contribution in [0.3, 0.4) is 0 Å². The van der Waals surface area contributed by atoms with E-state index in [0.29, 0.717) is 40.5 Å². The number of hydrogen-bond acceptors (Lipinski definition) is 5. The van der Waals surface area contributed by atoms with E-state index in [1.807, 2.05) is 35.9 Å². The molecule has 180 valence electrons. The summed E-state index contributed by atoms with van der Waals surface area (Å²) in [6, 6.07) is 9.06. The molecule has 0 unspecified atom stereocenters. The number of amides is 1. The topological polar surface area (TPSA) is 72.3 Å². The van der Waals surface area contributed by atoms with E-state index in [9.17, 15) is 4.79 Å². The van der Waals surface area contributed by atoms with Gasteiger partial charge in [-0.1, -0.05) is 37.0 Å². The molecule has 3 heterocycles. The third-order valence-corrected chi connectivity index (χ3v) is 6.14. The van der Waals surface area contributed by atoms with E-state index in [4.69, 9.17) is 27.9 Å². The van der Waals surface area contributed by atoms with Crippen molar-refractivity contribution in [1.82, 2.24) is 14.8 Å². The van der Waals surface area contributed by atoms with Gasteiger partial charge in [-0.25, -0.2) is 4.98 Å². The van der Waals surface area contributed by atoms with Crippen LogP contribution in [0.25, 0.3) is 0 Å². The van der Waals surface area contributed by atoms with Crippen LogP contribution < -0.4 is 15.0 Å². The van der Waals surface area contributed by atoms with E-state index in [1.54, 1.807) is 12.3 Å². The average Bonchev–Trinajstić information content (AvgIpc) is 3.43. The van der Waals surface area contributed by atoms with Gasteiger partial charge < -0.3 is 15.0 Å². The molecule has 1 N–H and O–H groups in total. The Morgan fingerprint density at radius 2 is 1.94 bits per heavy atom. The summed E-state index contributed by atoms with van der Waals surface area (Å²) in [6.45, 7) is 9.09.